The highest BCUT2D eigenvalue weighted by Crippen LogP contribution is 2.24. The van der Waals surface area contributed by atoms with Crippen LogP contribution in [0.15, 0.2) is 24.3 Å². The molecule has 2 aliphatic heterocycles. The van der Waals surface area contributed by atoms with Crippen LogP contribution in [0.1, 0.15) is 19.8 Å². The molecule has 0 bridgehead atoms. The van der Waals surface area contributed by atoms with Crippen LogP contribution in [0.2, 0.25) is 0 Å². The van der Waals surface area contributed by atoms with Gasteiger partial charge in [0.05, 0.1) is 25.4 Å². The van der Waals surface area contributed by atoms with Gasteiger partial charge in [-0.25, -0.2) is 0 Å². The van der Waals surface area contributed by atoms with Crippen LogP contribution in [-0.2, 0) is 9.47 Å². The van der Waals surface area contributed by atoms with E-state index in [1.54, 1.807) is 0 Å². The fourth-order valence-corrected chi connectivity index (χ4v) is 3.17. The van der Waals surface area contributed by atoms with E-state index in [-0.39, 0.29) is 0 Å². The van der Waals surface area contributed by atoms with Crippen molar-refractivity contribution in [1.82, 2.24) is 0 Å². The summed E-state index contributed by atoms with van der Waals surface area (Å²) in [5.41, 5.74) is 2.55. The molecule has 0 amide bonds. The average molecular weight is 290 g/mol. The summed E-state index contributed by atoms with van der Waals surface area (Å²) in [5.74, 6) is 0. The predicted molar refractivity (Wildman–Crippen MR) is 86.3 cm³/mol. The topological polar surface area (TPSA) is 24.9 Å². The van der Waals surface area contributed by atoms with Crippen LogP contribution in [0.5, 0.6) is 0 Å². The summed E-state index contributed by atoms with van der Waals surface area (Å²) in [6.07, 6.45) is 3.17. The van der Waals surface area contributed by atoms with Crippen molar-refractivity contribution in [2.45, 2.75) is 32.0 Å². The number of anilines is 2. The van der Waals surface area contributed by atoms with Gasteiger partial charge in [0.2, 0.25) is 0 Å². The number of ether oxygens (including phenoxy) is 2. The lowest BCUT2D eigenvalue weighted by molar-refractivity contribution is 0.0606. The van der Waals surface area contributed by atoms with Crippen molar-refractivity contribution >= 4 is 11.4 Å². The largest absolute Gasteiger partial charge is 0.378 e. The Morgan fingerprint density at radius 1 is 1.14 bits per heavy atom. The Hall–Kier alpha value is -1.26. The van der Waals surface area contributed by atoms with Crippen LogP contribution in [0.25, 0.3) is 0 Å². The van der Waals surface area contributed by atoms with E-state index in [0.717, 1.165) is 32.8 Å². The molecule has 4 heteroatoms. The van der Waals surface area contributed by atoms with Crippen LogP contribution < -0.4 is 9.80 Å². The number of hydrogen-bond donors (Lipinski definition) is 0. The maximum atomic E-state index is 5.91. The zero-order valence-corrected chi connectivity index (χ0v) is 13.1. The van der Waals surface area contributed by atoms with Gasteiger partial charge in [-0.05, 0) is 44.0 Å². The van der Waals surface area contributed by atoms with E-state index in [9.17, 15) is 0 Å². The predicted octanol–water partition coefficient (Wildman–Crippen LogP) is 2.53. The lowest BCUT2D eigenvalue weighted by Gasteiger charge is -2.29. The van der Waals surface area contributed by atoms with Gasteiger partial charge in [0.15, 0.2) is 0 Å². The molecule has 0 radical (unpaired) electrons. The van der Waals surface area contributed by atoms with E-state index < -0.39 is 0 Å². The maximum absolute atomic E-state index is 5.91. The SMILES string of the molecule is CC1CCC(CN(C)c2ccc(N3CCOCC3)cc2)O1. The third-order valence-corrected chi connectivity index (χ3v) is 4.46. The Labute approximate surface area is 127 Å². The summed E-state index contributed by atoms with van der Waals surface area (Å²) in [5, 5.41) is 0. The molecule has 0 aliphatic carbocycles. The van der Waals surface area contributed by atoms with Crippen molar-refractivity contribution in [2.24, 2.45) is 0 Å². The molecule has 2 atom stereocenters. The van der Waals surface area contributed by atoms with Crippen LogP contribution in [0.4, 0.5) is 11.4 Å². The van der Waals surface area contributed by atoms with Gasteiger partial charge in [-0.15, -0.1) is 0 Å². The molecule has 0 aromatic heterocycles. The van der Waals surface area contributed by atoms with E-state index in [0.29, 0.717) is 12.2 Å². The standard InChI is InChI=1S/C17H26N2O2/c1-14-3-8-17(21-14)13-18(2)15-4-6-16(7-5-15)19-9-11-20-12-10-19/h4-7,14,17H,3,8-13H2,1-2H3. The first-order valence-corrected chi connectivity index (χ1v) is 8.02. The smallest absolute Gasteiger partial charge is 0.0754 e. The summed E-state index contributed by atoms with van der Waals surface area (Å²) in [6.45, 7) is 6.78. The Bertz CT molecular complexity index is 443. The van der Waals surface area contributed by atoms with Crippen molar-refractivity contribution in [3.63, 3.8) is 0 Å². The molecule has 0 saturated carbocycles. The second kappa shape index (κ2) is 6.67. The van der Waals surface area contributed by atoms with Gasteiger partial charge >= 0.3 is 0 Å². The fourth-order valence-electron chi connectivity index (χ4n) is 3.17. The van der Waals surface area contributed by atoms with Crippen LogP contribution >= 0.6 is 0 Å². The van der Waals surface area contributed by atoms with E-state index in [1.807, 2.05) is 0 Å². The molecule has 0 N–H and O–H groups in total. The fraction of sp³-hybridized carbons (Fsp3) is 0.647. The van der Waals surface area contributed by atoms with Gasteiger partial charge in [0, 0.05) is 38.1 Å². The van der Waals surface area contributed by atoms with Crippen molar-refractivity contribution in [3.8, 4) is 0 Å². The molecule has 1 aromatic carbocycles. The van der Waals surface area contributed by atoms with Crippen LogP contribution in [0.3, 0.4) is 0 Å². The summed E-state index contributed by atoms with van der Waals surface area (Å²) in [6, 6.07) is 8.86. The highest BCUT2D eigenvalue weighted by atomic mass is 16.5. The molecular weight excluding hydrogens is 264 g/mol. The second-order valence-corrected chi connectivity index (χ2v) is 6.14. The lowest BCUT2D eigenvalue weighted by atomic mass is 10.2. The average Bonchev–Trinajstić information content (AvgIpc) is 2.93. The van der Waals surface area contributed by atoms with Gasteiger partial charge in [0.25, 0.3) is 0 Å². The van der Waals surface area contributed by atoms with Crippen molar-refractivity contribution in [1.29, 1.82) is 0 Å². The summed E-state index contributed by atoms with van der Waals surface area (Å²) in [4.78, 5) is 4.68. The maximum Gasteiger partial charge on any atom is 0.0754 e. The molecule has 4 nitrogen and oxygen atoms in total. The van der Waals surface area contributed by atoms with Crippen LogP contribution in [-0.4, -0.2) is 52.1 Å². The number of likely N-dealkylation sites (N-methyl/N-ethyl adjacent to an activating group) is 1. The number of nitrogens with zero attached hydrogens (tertiary/aromatic N) is 2. The Morgan fingerprint density at radius 3 is 2.48 bits per heavy atom. The zero-order valence-electron chi connectivity index (χ0n) is 13.1. The van der Waals surface area contributed by atoms with Crippen LogP contribution in [0, 0.1) is 0 Å². The van der Waals surface area contributed by atoms with E-state index in [1.165, 1.54) is 24.2 Å². The first-order chi connectivity index (χ1) is 10.2. The van der Waals surface area contributed by atoms with Crippen molar-refractivity contribution < 1.29 is 9.47 Å². The zero-order chi connectivity index (χ0) is 14.7. The van der Waals surface area contributed by atoms with Crippen molar-refractivity contribution in [2.75, 3.05) is 49.7 Å². The second-order valence-electron chi connectivity index (χ2n) is 6.14. The normalized spacial score (nSPS) is 26.1. The molecule has 1 aromatic rings. The molecule has 2 heterocycles. The Morgan fingerprint density at radius 2 is 1.86 bits per heavy atom. The Kier molecular flexibility index (Phi) is 4.66. The molecule has 21 heavy (non-hydrogen) atoms. The van der Waals surface area contributed by atoms with Gasteiger partial charge in [-0.1, -0.05) is 0 Å². The highest BCUT2D eigenvalue weighted by Gasteiger charge is 2.23. The number of morpholine rings is 1. The lowest BCUT2D eigenvalue weighted by Crippen LogP contribution is -2.36. The summed E-state index contributed by atoms with van der Waals surface area (Å²) < 4.78 is 11.3. The van der Waals surface area contributed by atoms with Gasteiger partial charge in [-0.3, -0.25) is 0 Å². The van der Waals surface area contributed by atoms with E-state index >= 15 is 0 Å². The molecule has 116 valence electrons. The minimum Gasteiger partial charge on any atom is -0.378 e. The summed E-state index contributed by atoms with van der Waals surface area (Å²) >= 11 is 0. The quantitative estimate of drug-likeness (QED) is 0.851. The third-order valence-electron chi connectivity index (χ3n) is 4.46. The number of hydrogen-bond acceptors (Lipinski definition) is 4. The third kappa shape index (κ3) is 3.69. The first-order valence-electron chi connectivity index (χ1n) is 8.02. The molecule has 2 saturated heterocycles. The van der Waals surface area contributed by atoms with E-state index in [4.69, 9.17) is 9.47 Å². The Balaban J connectivity index is 1.57. The molecular formula is C17H26N2O2. The minimum absolute atomic E-state index is 0.379. The summed E-state index contributed by atoms with van der Waals surface area (Å²) in [7, 11) is 2.15. The molecule has 2 fully saturated rings. The van der Waals surface area contributed by atoms with Gasteiger partial charge in [-0.2, -0.15) is 0 Å². The molecule has 2 aliphatic rings. The molecule has 0 spiro atoms. The molecule has 3 rings (SSSR count). The monoisotopic (exact) mass is 290 g/mol. The molecule has 2 unspecified atom stereocenters. The highest BCUT2D eigenvalue weighted by molar-refractivity contribution is 5.56. The number of benzene rings is 1. The first kappa shape index (κ1) is 14.7. The number of rotatable bonds is 4. The minimum atomic E-state index is 0.379. The van der Waals surface area contributed by atoms with Gasteiger partial charge in [0.1, 0.15) is 0 Å². The van der Waals surface area contributed by atoms with E-state index in [2.05, 4.69) is 48.0 Å². The van der Waals surface area contributed by atoms with Crippen molar-refractivity contribution in [3.05, 3.63) is 24.3 Å². The van der Waals surface area contributed by atoms with Gasteiger partial charge < -0.3 is 19.3 Å².